The second-order valence-electron chi connectivity index (χ2n) is 3.92. The van der Waals surface area contributed by atoms with Crippen molar-refractivity contribution < 1.29 is 4.39 Å². The van der Waals surface area contributed by atoms with Crippen molar-refractivity contribution in [1.82, 2.24) is 4.98 Å². The molecule has 1 heterocycles. The van der Waals surface area contributed by atoms with E-state index in [0.29, 0.717) is 0 Å². The fourth-order valence-corrected chi connectivity index (χ4v) is 1.64. The first-order valence-corrected chi connectivity index (χ1v) is 5.41. The molecular weight excluding hydrogens is 201 g/mol. The highest BCUT2D eigenvalue weighted by atomic mass is 19.1. The normalized spacial score (nSPS) is 10.4. The van der Waals surface area contributed by atoms with Crippen LogP contribution in [0.25, 0.3) is 11.3 Å². The quantitative estimate of drug-likeness (QED) is 0.743. The summed E-state index contributed by atoms with van der Waals surface area (Å²) in [5.74, 6) is -0.197. The van der Waals surface area contributed by atoms with Crippen molar-refractivity contribution in [3.8, 4) is 11.3 Å². The fourth-order valence-electron chi connectivity index (χ4n) is 1.64. The van der Waals surface area contributed by atoms with Crippen LogP contribution >= 0.6 is 0 Å². The standard InChI is InChI=1S/C14H14FN/c1-3-11-6-12(8-13(15)7-11)14-5-4-10(2)9-16-14/h4-9H,3H2,1-2H3. The van der Waals surface area contributed by atoms with Crippen LogP contribution in [0.1, 0.15) is 18.1 Å². The van der Waals surface area contributed by atoms with Gasteiger partial charge in [-0.15, -0.1) is 0 Å². The Morgan fingerprint density at radius 1 is 1.19 bits per heavy atom. The van der Waals surface area contributed by atoms with Gasteiger partial charge in [-0.2, -0.15) is 0 Å². The number of nitrogens with zero attached hydrogens (tertiary/aromatic N) is 1. The molecule has 2 heteroatoms. The van der Waals surface area contributed by atoms with Gasteiger partial charge in [0, 0.05) is 11.8 Å². The van der Waals surface area contributed by atoms with Gasteiger partial charge in [-0.3, -0.25) is 4.98 Å². The number of benzene rings is 1. The minimum absolute atomic E-state index is 0.197. The maximum Gasteiger partial charge on any atom is 0.124 e. The van der Waals surface area contributed by atoms with Crippen LogP contribution in [0.3, 0.4) is 0 Å². The predicted octanol–water partition coefficient (Wildman–Crippen LogP) is 3.76. The fraction of sp³-hybridized carbons (Fsp3) is 0.214. The summed E-state index contributed by atoms with van der Waals surface area (Å²) in [4.78, 5) is 4.30. The zero-order valence-electron chi connectivity index (χ0n) is 9.50. The lowest BCUT2D eigenvalue weighted by Gasteiger charge is -2.04. The highest BCUT2D eigenvalue weighted by Crippen LogP contribution is 2.20. The largest absolute Gasteiger partial charge is 0.256 e. The summed E-state index contributed by atoms with van der Waals surface area (Å²) in [5, 5.41) is 0. The number of hydrogen-bond donors (Lipinski definition) is 0. The van der Waals surface area contributed by atoms with E-state index in [0.717, 1.165) is 28.8 Å². The molecule has 0 saturated heterocycles. The van der Waals surface area contributed by atoms with Crippen LogP contribution in [0.2, 0.25) is 0 Å². The molecule has 0 fully saturated rings. The van der Waals surface area contributed by atoms with Crippen molar-refractivity contribution in [2.75, 3.05) is 0 Å². The van der Waals surface area contributed by atoms with Crippen LogP contribution in [-0.4, -0.2) is 4.98 Å². The number of hydrogen-bond acceptors (Lipinski definition) is 1. The first-order valence-electron chi connectivity index (χ1n) is 5.41. The molecule has 0 bridgehead atoms. The van der Waals surface area contributed by atoms with Crippen molar-refractivity contribution in [1.29, 1.82) is 0 Å². The van der Waals surface area contributed by atoms with Gasteiger partial charge in [-0.25, -0.2) is 4.39 Å². The Bertz CT molecular complexity index is 489. The molecule has 1 aromatic heterocycles. The van der Waals surface area contributed by atoms with Crippen molar-refractivity contribution in [3.05, 3.63) is 53.5 Å². The Hall–Kier alpha value is -1.70. The molecule has 82 valence electrons. The van der Waals surface area contributed by atoms with Crippen LogP contribution < -0.4 is 0 Å². The third kappa shape index (κ3) is 2.27. The molecule has 0 radical (unpaired) electrons. The van der Waals surface area contributed by atoms with Crippen LogP contribution in [0.4, 0.5) is 4.39 Å². The second-order valence-corrected chi connectivity index (χ2v) is 3.92. The van der Waals surface area contributed by atoms with Gasteiger partial charge in [0.05, 0.1) is 5.69 Å². The average Bonchev–Trinajstić information content (AvgIpc) is 2.29. The molecule has 0 spiro atoms. The third-order valence-electron chi connectivity index (χ3n) is 2.57. The number of aryl methyl sites for hydroxylation is 2. The molecule has 0 saturated carbocycles. The van der Waals surface area contributed by atoms with Gasteiger partial charge < -0.3 is 0 Å². The summed E-state index contributed by atoms with van der Waals surface area (Å²) in [6.45, 7) is 4.00. The van der Waals surface area contributed by atoms with Gasteiger partial charge in [-0.05, 0) is 48.7 Å². The van der Waals surface area contributed by atoms with Gasteiger partial charge >= 0.3 is 0 Å². The predicted molar refractivity (Wildman–Crippen MR) is 63.7 cm³/mol. The van der Waals surface area contributed by atoms with Crippen molar-refractivity contribution in [2.45, 2.75) is 20.3 Å². The van der Waals surface area contributed by atoms with E-state index in [9.17, 15) is 4.39 Å². The maximum atomic E-state index is 13.4. The van der Waals surface area contributed by atoms with Crippen molar-refractivity contribution >= 4 is 0 Å². The van der Waals surface area contributed by atoms with E-state index in [4.69, 9.17) is 0 Å². The van der Waals surface area contributed by atoms with Gasteiger partial charge in [0.2, 0.25) is 0 Å². The SMILES string of the molecule is CCc1cc(F)cc(-c2ccc(C)cn2)c1. The maximum absolute atomic E-state index is 13.4. The van der Waals surface area contributed by atoms with Crippen LogP contribution in [0.5, 0.6) is 0 Å². The molecule has 2 aromatic rings. The van der Waals surface area contributed by atoms with Crippen molar-refractivity contribution in [2.24, 2.45) is 0 Å². The Morgan fingerprint density at radius 2 is 2.00 bits per heavy atom. The van der Waals surface area contributed by atoms with Crippen LogP contribution in [0.15, 0.2) is 36.5 Å². The van der Waals surface area contributed by atoms with E-state index in [1.165, 1.54) is 6.07 Å². The zero-order chi connectivity index (χ0) is 11.5. The Labute approximate surface area is 95.0 Å². The molecule has 0 aliphatic heterocycles. The van der Waals surface area contributed by atoms with Gasteiger partial charge in [0.1, 0.15) is 5.82 Å². The summed E-state index contributed by atoms with van der Waals surface area (Å²) in [6.07, 6.45) is 2.63. The lowest BCUT2D eigenvalue weighted by atomic mass is 10.1. The number of aromatic nitrogens is 1. The molecule has 0 atom stereocenters. The molecule has 2 rings (SSSR count). The van der Waals surface area contributed by atoms with Crippen LogP contribution in [-0.2, 0) is 6.42 Å². The second kappa shape index (κ2) is 4.44. The highest BCUT2D eigenvalue weighted by molar-refractivity contribution is 5.60. The average molecular weight is 215 g/mol. The zero-order valence-corrected chi connectivity index (χ0v) is 9.50. The third-order valence-corrected chi connectivity index (χ3v) is 2.57. The van der Waals surface area contributed by atoms with Gasteiger partial charge in [0.15, 0.2) is 0 Å². The van der Waals surface area contributed by atoms with E-state index >= 15 is 0 Å². The summed E-state index contributed by atoms with van der Waals surface area (Å²) < 4.78 is 13.4. The molecule has 0 N–H and O–H groups in total. The lowest BCUT2D eigenvalue weighted by molar-refractivity contribution is 0.626. The molecule has 16 heavy (non-hydrogen) atoms. The van der Waals surface area contributed by atoms with Gasteiger partial charge in [-0.1, -0.05) is 13.0 Å². The minimum Gasteiger partial charge on any atom is -0.256 e. The first-order chi connectivity index (χ1) is 7.69. The lowest BCUT2D eigenvalue weighted by Crippen LogP contribution is -1.89. The molecule has 0 unspecified atom stereocenters. The van der Waals surface area contributed by atoms with Gasteiger partial charge in [0.25, 0.3) is 0 Å². The summed E-state index contributed by atoms with van der Waals surface area (Å²) >= 11 is 0. The Morgan fingerprint density at radius 3 is 2.62 bits per heavy atom. The molecule has 0 aliphatic rings. The van der Waals surface area contributed by atoms with E-state index in [2.05, 4.69) is 4.98 Å². The molecule has 0 aliphatic carbocycles. The van der Waals surface area contributed by atoms with Crippen molar-refractivity contribution in [3.63, 3.8) is 0 Å². The Kier molecular flexibility index (Phi) is 3.00. The minimum atomic E-state index is -0.197. The highest BCUT2D eigenvalue weighted by Gasteiger charge is 2.03. The number of halogens is 1. The number of pyridine rings is 1. The van der Waals surface area contributed by atoms with Crippen LogP contribution in [0, 0.1) is 12.7 Å². The smallest absolute Gasteiger partial charge is 0.124 e. The molecule has 0 amide bonds. The topological polar surface area (TPSA) is 12.9 Å². The monoisotopic (exact) mass is 215 g/mol. The van der Waals surface area contributed by atoms with E-state index in [1.54, 1.807) is 12.3 Å². The molecule has 1 aromatic carbocycles. The van der Waals surface area contributed by atoms with E-state index < -0.39 is 0 Å². The first kappa shape index (κ1) is 10.8. The molecule has 1 nitrogen and oxygen atoms in total. The summed E-state index contributed by atoms with van der Waals surface area (Å²) in [6, 6.07) is 8.98. The number of rotatable bonds is 2. The van der Waals surface area contributed by atoms with E-state index in [-0.39, 0.29) is 5.82 Å². The Balaban J connectivity index is 2.47. The summed E-state index contributed by atoms with van der Waals surface area (Å²) in [5.41, 5.74) is 3.77. The summed E-state index contributed by atoms with van der Waals surface area (Å²) in [7, 11) is 0. The van der Waals surface area contributed by atoms with E-state index in [1.807, 2.05) is 32.0 Å². The molecular formula is C14H14FN.